The average molecular weight is 243 g/mol. The summed E-state index contributed by atoms with van der Waals surface area (Å²) in [5, 5.41) is 5.46. The second-order valence-electron chi connectivity index (χ2n) is 3.98. The van der Waals surface area contributed by atoms with Crippen molar-refractivity contribution in [3.63, 3.8) is 0 Å². The van der Waals surface area contributed by atoms with Gasteiger partial charge in [-0.1, -0.05) is 6.92 Å². The van der Waals surface area contributed by atoms with Gasteiger partial charge in [-0.2, -0.15) is 0 Å². The van der Waals surface area contributed by atoms with Crippen LogP contribution in [-0.4, -0.2) is 55.7 Å². The number of amides is 2. The number of alkyl carbamates (subject to hydrolysis) is 1. The maximum atomic E-state index is 11.6. The van der Waals surface area contributed by atoms with Gasteiger partial charge in [0.05, 0.1) is 13.2 Å². The molecular formula is C11H21N3O3. The molecule has 0 aromatic carbocycles. The number of hydrogen-bond acceptors (Lipinski definition) is 5. The van der Waals surface area contributed by atoms with E-state index < -0.39 is 6.09 Å². The molecule has 1 saturated heterocycles. The molecule has 1 aliphatic rings. The molecule has 2 amide bonds. The first kappa shape index (κ1) is 13.9. The molecule has 0 bridgehead atoms. The molecule has 2 N–H and O–H groups in total. The Hall–Kier alpha value is -1.14. The van der Waals surface area contributed by atoms with Gasteiger partial charge in [0.25, 0.3) is 0 Å². The molecule has 0 aromatic rings. The number of carbonyl (C=O) groups excluding carboxylic acids is 2. The van der Waals surface area contributed by atoms with Crippen LogP contribution in [0.1, 0.15) is 20.3 Å². The molecule has 1 atom stereocenters. The van der Waals surface area contributed by atoms with Crippen molar-refractivity contribution in [2.75, 3.05) is 32.8 Å². The number of likely N-dealkylation sites (N-methyl/N-ethyl adjacent to an activating group) is 1. The highest BCUT2D eigenvalue weighted by molar-refractivity contribution is 5.92. The minimum atomic E-state index is -0.668. The van der Waals surface area contributed by atoms with Crippen LogP contribution >= 0.6 is 0 Å². The number of nitrogens with zero attached hydrogens (tertiary/aromatic N) is 1. The lowest BCUT2D eigenvalue weighted by atomic mass is 10.2. The van der Waals surface area contributed by atoms with Gasteiger partial charge in [0.2, 0.25) is 5.91 Å². The van der Waals surface area contributed by atoms with E-state index in [1.165, 1.54) is 0 Å². The Morgan fingerprint density at radius 3 is 2.76 bits per heavy atom. The minimum Gasteiger partial charge on any atom is -0.450 e. The summed E-state index contributed by atoms with van der Waals surface area (Å²) in [4.78, 5) is 24.7. The van der Waals surface area contributed by atoms with E-state index in [1.807, 2.05) is 6.92 Å². The van der Waals surface area contributed by atoms with Crippen molar-refractivity contribution in [2.45, 2.75) is 26.3 Å². The summed E-state index contributed by atoms with van der Waals surface area (Å²) in [5.41, 5.74) is 0. The number of carbonyl (C=O) groups is 2. The number of rotatable bonds is 5. The quantitative estimate of drug-likeness (QED) is 0.708. The van der Waals surface area contributed by atoms with Crippen molar-refractivity contribution in [1.29, 1.82) is 0 Å². The van der Waals surface area contributed by atoms with E-state index in [9.17, 15) is 9.59 Å². The molecular weight excluding hydrogens is 222 g/mol. The second kappa shape index (κ2) is 7.24. The maximum absolute atomic E-state index is 11.6. The van der Waals surface area contributed by atoms with Crippen molar-refractivity contribution in [1.82, 2.24) is 15.5 Å². The van der Waals surface area contributed by atoms with Crippen LogP contribution in [0.15, 0.2) is 0 Å². The average Bonchev–Trinajstić information content (AvgIpc) is 2.79. The lowest BCUT2D eigenvalue weighted by molar-refractivity contribution is -0.122. The summed E-state index contributed by atoms with van der Waals surface area (Å²) in [6.07, 6.45) is 0.374. The van der Waals surface area contributed by atoms with Crippen LogP contribution in [0.2, 0.25) is 0 Å². The Morgan fingerprint density at radius 1 is 1.47 bits per heavy atom. The predicted molar refractivity (Wildman–Crippen MR) is 63.7 cm³/mol. The van der Waals surface area contributed by atoms with Crippen molar-refractivity contribution < 1.29 is 14.3 Å². The van der Waals surface area contributed by atoms with Crippen molar-refractivity contribution in [3.8, 4) is 0 Å². The summed E-state index contributed by atoms with van der Waals surface area (Å²) in [6, 6.07) is 0.382. The van der Waals surface area contributed by atoms with Gasteiger partial charge in [-0.25, -0.2) is 4.79 Å². The number of imide groups is 1. The molecule has 6 nitrogen and oxygen atoms in total. The van der Waals surface area contributed by atoms with Gasteiger partial charge >= 0.3 is 6.09 Å². The first-order valence-electron chi connectivity index (χ1n) is 6.08. The van der Waals surface area contributed by atoms with Gasteiger partial charge in [0, 0.05) is 12.6 Å². The van der Waals surface area contributed by atoms with E-state index in [-0.39, 0.29) is 19.1 Å². The molecule has 98 valence electrons. The molecule has 0 aliphatic carbocycles. The molecule has 0 spiro atoms. The minimum absolute atomic E-state index is 0.238. The van der Waals surface area contributed by atoms with Gasteiger partial charge in [-0.05, 0) is 26.4 Å². The zero-order valence-corrected chi connectivity index (χ0v) is 10.5. The van der Waals surface area contributed by atoms with E-state index in [2.05, 4.69) is 20.3 Å². The Morgan fingerprint density at radius 2 is 2.24 bits per heavy atom. The summed E-state index contributed by atoms with van der Waals surface area (Å²) in [6.45, 7) is 6.90. The number of ether oxygens (including phenoxy) is 1. The van der Waals surface area contributed by atoms with Gasteiger partial charge in [-0.15, -0.1) is 0 Å². The fraction of sp³-hybridized carbons (Fsp3) is 0.818. The molecule has 0 radical (unpaired) electrons. The molecule has 6 heteroatoms. The number of hydrogen-bond donors (Lipinski definition) is 2. The standard InChI is InChI=1S/C11H21N3O3/c1-3-14(9-5-6-12-7-9)8-10(15)13-11(16)17-4-2/h9,12H,3-8H2,1-2H3,(H,13,15,16). The maximum Gasteiger partial charge on any atom is 0.413 e. The molecule has 1 rings (SSSR count). The largest absolute Gasteiger partial charge is 0.450 e. The van der Waals surface area contributed by atoms with Gasteiger partial charge < -0.3 is 10.1 Å². The normalized spacial score (nSPS) is 19.4. The lowest BCUT2D eigenvalue weighted by Gasteiger charge is -2.25. The van der Waals surface area contributed by atoms with Crippen LogP contribution in [0.3, 0.4) is 0 Å². The van der Waals surface area contributed by atoms with Gasteiger partial charge in [0.15, 0.2) is 0 Å². The van der Waals surface area contributed by atoms with Gasteiger partial charge in [0.1, 0.15) is 0 Å². The fourth-order valence-corrected chi connectivity index (χ4v) is 1.96. The van der Waals surface area contributed by atoms with Gasteiger partial charge in [-0.3, -0.25) is 15.0 Å². The van der Waals surface area contributed by atoms with Crippen LogP contribution in [0, 0.1) is 0 Å². The lowest BCUT2D eigenvalue weighted by Crippen LogP contribution is -2.45. The number of nitrogens with one attached hydrogen (secondary N) is 2. The van der Waals surface area contributed by atoms with Crippen LogP contribution < -0.4 is 10.6 Å². The molecule has 17 heavy (non-hydrogen) atoms. The first-order valence-corrected chi connectivity index (χ1v) is 6.08. The molecule has 1 heterocycles. The third kappa shape index (κ3) is 4.70. The third-order valence-electron chi connectivity index (χ3n) is 2.82. The topological polar surface area (TPSA) is 70.7 Å². The third-order valence-corrected chi connectivity index (χ3v) is 2.82. The van der Waals surface area contributed by atoms with Crippen molar-refractivity contribution >= 4 is 12.0 Å². The van der Waals surface area contributed by atoms with E-state index >= 15 is 0 Å². The fourth-order valence-electron chi connectivity index (χ4n) is 1.96. The zero-order valence-electron chi connectivity index (χ0n) is 10.5. The molecule has 1 aliphatic heterocycles. The van der Waals surface area contributed by atoms with E-state index in [0.29, 0.717) is 6.04 Å². The highest BCUT2D eigenvalue weighted by Gasteiger charge is 2.23. The van der Waals surface area contributed by atoms with Crippen LogP contribution in [-0.2, 0) is 9.53 Å². The molecule has 1 unspecified atom stereocenters. The van der Waals surface area contributed by atoms with Crippen LogP contribution in [0.25, 0.3) is 0 Å². The summed E-state index contributed by atoms with van der Waals surface area (Å²) < 4.78 is 4.65. The van der Waals surface area contributed by atoms with Crippen LogP contribution in [0.4, 0.5) is 4.79 Å². The molecule has 0 saturated carbocycles. The van der Waals surface area contributed by atoms with Crippen molar-refractivity contribution in [2.24, 2.45) is 0 Å². The Labute approximate surface area is 102 Å². The van der Waals surface area contributed by atoms with E-state index in [1.54, 1.807) is 6.92 Å². The van der Waals surface area contributed by atoms with Crippen molar-refractivity contribution in [3.05, 3.63) is 0 Å². The zero-order chi connectivity index (χ0) is 12.7. The van der Waals surface area contributed by atoms with E-state index in [4.69, 9.17) is 0 Å². The summed E-state index contributed by atoms with van der Waals surface area (Å²) in [5.74, 6) is -0.308. The molecule has 0 aromatic heterocycles. The Kier molecular flexibility index (Phi) is 5.93. The first-order chi connectivity index (χ1) is 8.17. The van der Waals surface area contributed by atoms with E-state index in [0.717, 1.165) is 26.1 Å². The summed E-state index contributed by atoms with van der Waals surface area (Å²) in [7, 11) is 0. The highest BCUT2D eigenvalue weighted by atomic mass is 16.5. The Bertz CT molecular complexity index is 265. The Balaban J connectivity index is 2.34. The summed E-state index contributed by atoms with van der Waals surface area (Å²) >= 11 is 0. The monoisotopic (exact) mass is 243 g/mol. The van der Waals surface area contributed by atoms with Crippen LogP contribution in [0.5, 0.6) is 0 Å². The SMILES string of the molecule is CCOC(=O)NC(=O)CN(CC)C1CCNC1. The smallest absolute Gasteiger partial charge is 0.413 e. The highest BCUT2D eigenvalue weighted by Crippen LogP contribution is 2.07. The predicted octanol–water partition coefficient (Wildman–Crippen LogP) is -0.0571. The second-order valence-corrected chi connectivity index (χ2v) is 3.98. The molecule has 1 fully saturated rings.